The summed E-state index contributed by atoms with van der Waals surface area (Å²) < 4.78 is 40.2. The third kappa shape index (κ3) is 3.36. The minimum atomic E-state index is -0.930. The average molecular weight is 330 g/mol. The first-order valence-corrected chi connectivity index (χ1v) is 6.41. The molecule has 1 atom stereocenters. The molecule has 0 bridgehead atoms. The van der Waals surface area contributed by atoms with E-state index in [1.54, 1.807) is 12.1 Å². The van der Waals surface area contributed by atoms with E-state index < -0.39 is 23.5 Å². The van der Waals surface area contributed by atoms with Gasteiger partial charge >= 0.3 is 0 Å². The first-order chi connectivity index (χ1) is 8.97. The molecule has 2 N–H and O–H groups in total. The van der Waals surface area contributed by atoms with Gasteiger partial charge in [-0.15, -0.1) is 0 Å². The Labute approximate surface area is 117 Å². The Hall–Kier alpha value is -1.33. The molecule has 2 aromatic carbocycles. The van der Waals surface area contributed by atoms with Crippen LogP contribution < -0.4 is 5.73 Å². The quantitative estimate of drug-likeness (QED) is 0.901. The number of rotatable bonds is 3. The highest BCUT2D eigenvalue weighted by Crippen LogP contribution is 2.23. The minimum Gasteiger partial charge on any atom is -0.324 e. The summed E-state index contributed by atoms with van der Waals surface area (Å²) in [4.78, 5) is 0. The molecule has 0 saturated carbocycles. The van der Waals surface area contributed by atoms with Crippen LogP contribution in [0.25, 0.3) is 0 Å². The van der Waals surface area contributed by atoms with Gasteiger partial charge in [-0.3, -0.25) is 0 Å². The highest BCUT2D eigenvalue weighted by molar-refractivity contribution is 9.10. The number of benzene rings is 2. The molecule has 0 radical (unpaired) electrons. The predicted octanol–water partition coefficient (Wildman–Crippen LogP) is 4.11. The number of hydrogen-bond acceptors (Lipinski definition) is 1. The lowest BCUT2D eigenvalue weighted by atomic mass is 9.99. The minimum absolute atomic E-state index is 0.232. The van der Waals surface area contributed by atoms with Crippen molar-refractivity contribution in [2.24, 2.45) is 5.73 Å². The molecule has 1 nitrogen and oxygen atoms in total. The van der Waals surface area contributed by atoms with Crippen molar-refractivity contribution in [1.82, 2.24) is 0 Å². The summed E-state index contributed by atoms with van der Waals surface area (Å²) in [5, 5.41) is 0. The molecule has 0 aromatic heterocycles. The lowest BCUT2D eigenvalue weighted by Gasteiger charge is -2.13. The van der Waals surface area contributed by atoms with Crippen LogP contribution in [0.15, 0.2) is 40.9 Å². The zero-order valence-corrected chi connectivity index (χ0v) is 11.4. The monoisotopic (exact) mass is 329 g/mol. The van der Waals surface area contributed by atoms with E-state index in [-0.39, 0.29) is 6.42 Å². The zero-order valence-electron chi connectivity index (χ0n) is 9.84. The molecule has 1 unspecified atom stereocenters. The van der Waals surface area contributed by atoms with Crippen LogP contribution in [-0.4, -0.2) is 0 Å². The molecule has 0 fully saturated rings. The molecule has 0 saturated heterocycles. The van der Waals surface area contributed by atoms with Gasteiger partial charge in [-0.05, 0) is 36.2 Å². The van der Waals surface area contributed by atoms with Gasteiger partial charge in [0, 0.05) is 16.1 Å². The van der Waals surface area contributed by atoms with Crippen LogP contribution in [0, 0.1) is 17.5 Å². The summed E-state index contributed by atoms with van der Waals surface area (Å²) in [6.45, 7) is 0. The summed E-state index contributed by atoms with van der Waals surface area (Å²) >= 11 is 3.16. The van der Waals surface area contributed by atoms with Crippen LogP contribution in [0.2, 0.25) is 0 Å². The third-order valence-electron chi connectivity index (χ3n) is 2.80. The van der Waals surface area contributed by atoms with E-state index >= 15 is 0 Å². The van der Waals surface area contributed by atoms with E-state index in [1.165, 1.54) is 12.1 Å². The number of halogens is 4. The second-order valence-electron chi connectivity index (χ2n) is 4.22. The van der Waals surface area contributed by atoms with Crippen LogP contribution in [0.3, 0.4) is 0 Å². The van der Waals surface area contributed by atoms with Gasteiger partial charge in [0.2, 0.25) is 0 Å². The molecule has 0 aliphatic carbocycles. The molecule has 2 rings (SSSR count). The van der Waals surface area contributed by atoms with Crippen molar-refractivity contribution in [3.63, 3.8) is 0 Å². The molecule has 0 amide bonds. The maximum Gasteiger partial charge on any atom is 0.159 e. The summed E-state index contributed by atoms with van der Waals surface area (Å²) in [7, 11) is 0. The first-order valence-electron chi connectivity index (χ1n) is 5.62. The molecular weight excluding hydrogens is 319 g/mol. The number of hydrogen-bond donors (Lipinski definition) is 1. The molecular formula is C14H11BrF3N. The fourth-order valence-corrected chi connectivity index (χ4v) is 2.17. The maximum atomic E-state index is 13.7. The van der Waals surface area contributed by atoms with E-state index in [4.69, 9.17) is 5.73 Å². The Bertz CT molecular complexity index is 601. The third-order valence-corrected chi connectivity index (χ3v) is 3.29. The topological polar surface area (TPSA) is 26.0 Å². The van der Waals surface area contributed by atoms with E-state index in [9.17, 15) is 13.2 Å². The Morgan fingerprint density at radius 3 is 2.32 bits per heavy atom. The standard InChI is InChI=1S/C14H11BrF3N/c15-9-2-3-10(12(17)7-9)14(19)6-8-1-4-11(16)13(18)5-8/h1-5,7,14H,6,19H2. The van der Waals surface area contributed by atoms with Crippen molar-refractivity contribution < 1.29 is 13.2 Å². The Morgan fingerprint density at radius 1 is 0.947 bits per heavy atom. The predicted molar refractivity (Wildman–Crippen MR) is 71.1 cm³/mol. The molecule has 0 spiro atoms. The fraction of sp³-hybridized carbons (Fsp3) is 0.143. The lowest BCUT2D eigenvalue weighted by Crippen LogP contribution is -2.15. The zero-order chi connectivity index (χ0) is 14.0. The smallest absolute Gasteiger partial charge is 0.159 e. The molecule has 0 aliphatic heterocycles. The number of nitrogens with two attached hydrogens (primary N) is 1. The summed E-state index contributed by atoms with van der Waals surface area (Å²) in [5.41, 5.74) is 6.76. The van der Waals surface area contributed by atoms with Crippen molar-refractivity contribution in [1.29, 1.82) is 0 Å². The fourth-order valence-electron chi connectivity index (χ4n) is 1.83. The molecule has 0 aliphatic rings. The van der Waals surface area contributed by atoms with Gasteiger partial charge in [-0.1, -0.05) is 28.1 Å². The van der Waals surface area contributed by atoms with E-state index in [0.29, 0.717) is 15.6 Å². The Balaban J connectivity index is 2.20. The highest BCUT2D eigenvalue weighted by atomic mass is 79.9. The summed E-state index contributed by atoms with van der Waals surface area (Å²) in [5.74, 6) is -2.27. The van der Waals surface area contributed by atoms with Crippen LogP contribution in [0.5, 0.6) is 0 Å². The van der Waals surface area contributed by atoms with Crippen molar-refractivity contribution in [3.8, 4) is 0 Å². The molecule has 5 heteroatoms. The second-order valence-corrected chi connectivity index (χ2v) is 5.14. The van der Waals surface area contributed by atoms with Gasteiger partial charge < -0.3 is 5.73 Å². The van der Waals surface area contributed by atoms with E-state index in [1.807, 2.05) is 0 Å². The van der Waals surface area contributed by atoms with Crippen molar-refractivity contribution in [3.05, 3.63) is 69.4 Å². The van der Waals surface area contributed by atoms with Crippen molar-refractivity contribution >= 4 is 15.9 Å². The van der Waals surface area contributed by atoms with Gasteiger partial charge in [-0.25, -0.2) is 13.2 Å². The van der Waals surface area contributed by atoms with Crippen molar-refractivity contribution in [2.45, 2.75) is 12.5 Å². The maximum absolute atomic E-state index is 13.7. The van der Waals surface area contributed by atoms with Crippen LogP contribution in [-0.2, 0) is 6.42 Å². The van der Waals surface area contributed by atoms with Crippen molar-refractivity contribution in [2.75, 3.05) is 0 Å². The van der Waals surface area contributed by atoms with E-state index in [2.05, 4.69) is 15.9 Å². The van der Waals surface area contributed by atoms with E-state index in [0.717, 1.165) is 12.1 Å². The molecule has 0 heterocycles. The molecule has 100 valence electrons. The second kappa shape index (κ2) is 5.75. The van der Waals surface area contributed by atoms with Gasteiger partial charge in [0.05, 0.1) is 0 Å². The van der Waals surface area contributed by atoms with Crippen LogP contribution in [0.4, 0.5) is 13.2 Å². The van der Waals surface area contributed by atoms with Crippen LogP contribution >= 0.6 is 15.9 Å². The largest absolute Gasteiger partial charge is 0.324 e. The summed E-state index contributed by atoms with van der Waals surface area (Å²) in [6.07, 6.45) is 0.232. The highest BCUT2D eigenvalue weighted by Gasteiger charge is 2.13. The Kier molecular flexibility index (Phi) is 4.27. The van der Waals surface area contributed by atoms with Crippen LogP contribution in [0.1, 0.15) is 17.2 Å². The molecule has 2 aromatic rings. The lowest BCUT2D eigenvalue weighted by molar-refractivity contribution is 0.505. The SMILES string of the molecule is NC(Cc1ccc(F)c(F)c1)c1ccc(Br)cc1F. The van der Waals surface area contributed by atoms with Gasteiger partial charge in [0.1, 0.15) is 5.82 Å². The normalized spacial score (nSPS) is 12.5. The van der Waals surface area contributed by atoms with Gasteiger partial charge in [0.25, 0.3) is 0 Å². The average Bonchev–Trinajstić information content (AvgIpc) is 2.33. The molecule has 19 heavy (non-hydrogen) atoms. The summed E-state index contributed by atoms with van der Waals surface area (Å²) in [6, 6.07) is 7.52. The first kappa shape index (κ1) is 14.1. The van der Waals surface area contributed by atoms with Gasteiger partial charge in [0.15, 0.2) is 11.6 Å². The Morgan fingerprint density at radius 2 is 1.68 bits per heavy atom. The van der Waals surface area contributed by atoms with Gasteiger partial charge in [-0.2, -0.15) is 0 Å².